The summed E-state index contributed by atoms with van der Waals surface area (Å²) in [5.74, 6) is 1.25. The van der Waals surface area contributed by atoms with E-state index in [1.54, 1.807) is 18.2 Å². The lowest BCUT2D eigenvalue weighted by Gasteiger charge is -2.19. The summed E-state index contributed by atoms with van der Waals surface area (Å²) in [4.78, 5) is 29.5. The third kappa shape index (κ3) is 6.27. The van der Waals surface area contributed by atoms with E-state index in [1.165, 1.54) is 6.92 Å². The van der Waals surface area contributed by atoms with E-state index in [1.807, 2.05) is 60.7 Å². The van der Waals surface area contributed by atoms with Gasteiger partial charge >= 0.3 is 0 Å². The Balaban J connectivity index is 1.37. The van der Waals surface area contributed by atoms with Gasteiger partial charge in [-0.25, -0.2) is 4.98 Å². The molecule has 3 N–H and O–H groups in total. The maximum Gasteiger partial charge on any atom is 0.278 e. The molecule has 1 saturated heterocycles. The van der Waals surface area contributed by atoms with Gasteiger partial charge in [-0.1, -0.05) is 36.4 Å². The lowest BCUT2D eigenvalue weighted by molar-refractivity contribution is -0.114. The number of aromatic nitrogens is 1. The fourth-order valence-corrected chi connectivity index (χ4v) is 4.43. The summed E-state index contributed by atoms with van der Waals surface area (Å²) in [6.07, 6.45) is 1.78. The number of ether oxygens (including phenoxy) is 1. The normalized spacial score (nSPS) is 13.6. The van der Waals surface area contributed by atoms with Crippen LogP contribution in [-0.4, -0.2) is 29.9 Å². The molecule has 0 spiro atoms. The van der Waals surface area contributed by atoms with Crippen molar-refractivity contribution in [3.05, 3.63) is 96.0 Å². The maximum atomic E-state index is 13.5. The van der Waals surface area contributed by atoms with Crippen LogP contribution in [0.15, 0.2) is 83.3 Å². The number of oxazole rings is 1. The number of carbonyl (C=O) groups excluding carboxylic acids is 2. The molecule has 1 aliphatic rings. The lowest BCUT2D eigenvalue weighted by atomic mass is 9.98. The van der Waals surface area contributed by atoms with Gasteiger partial charge in [0.15, 0.2) is 17.3 Å². The Bertz CT molecular complexity index is 1390. The molecule has 1 aromatic heterocycles. The van der Waals surface area contributed by atoms with Gasteiger partial charge in [-0.3, -0.25) is 9.59 Å². The van der Waals surface area contributed by atoms with Crippen molar-refractivity contribution in [2.45, 2.75) is 32.3 Å². The van der Waals surface area contributed by atoms with Gasteiger partial charge < -0.3 is 25.1 Å². The van der Waals surface area contributed by atoms with Crippen LogP contribution >= 0.6 is 0 Å². The number of rotatable bonds is 8. The van der Waals surface area contributed by atoms with Crippen molar-refractivity contribution in [3.8, 4) is 17.1 Å². The first-order chi connectivity index (χ1) is 18.5. The second-order valence-electron chi connectivity index (χ2n) is 9.27. The van der Waals surface area contributed by atoms with Crippen molar-refractivity contribution in [2.75, 3.05) is 23.7 Å². The Morgan fingerprint density at radius 1 is 0.947 bits per heavy atom. The summed E-state index contributed by atoms with van der Waals surface area (Å²) in [7, 11) is 0. The molecule has 1 aliphatic heterocycles. The molecular weight excluding hydrogens is 480 g/mol. The van der Waals surface area contributed by atoms with E-state index < -0.39 is 0 Å². The Kier molecular flexibility index (Phi) is 7.80. The monoisotopic (exact) mass is 510 g/mol. The summed E-state index contributed by atoms with van der Waals surface area (Å²) < 4.78 is 12.1. The quantitative estimate of drug-likeness (QED) is 0.285. The molecule has 3 aromatic carbocycles. The molecule has 0 atom stereocenters. The van der Waals surface area contributed by atoms with E-state index in [0.29, 0.717) is 40.9 Å². The maximum absolute atomic E-state index is 13.5. The van der Waals surface area contributed by atoms with Crippen molar-refractivity contribution in [1.29, 1.82) is 0 Å². The van der Waals surface area contributed by atoms with Gasteiger partial charge in [0.05, 0.1) is 0 Å². The molecule has 38 heavy (non-hydrogen) atoms. The summed E-state index contributed by atoms with van der Waals surface area (Å²) in [6, 6.07) is 24.4. The SMILES string of the molecule is CC(=O)Nc1ccc(-c2oc(C3CCNCC3)nc2C(=O)Nc2cccc(OCc3ccccc3)c2)cc1. The molecule has 0 radical (unpaired) electrons. The minimum absolute atomic E-state index is 0.143. The van der Waals surface area contributed by atoms with Crippen LogP contribution in [0, 0.1) is 0 Å². The number of benzene rings is 3. The molecule has 8 nitrogen and oxygen atoms in total. The highest BCUT2D eigenvalue weighted by Gasteiger charge is 2.27. The van der Waals surface area contributed by atoms with E-state index in [4.69, 9.17) is 9.15 Å². The van der Waals surface area contributed by atoms with Crippen LogP contribution in [-0.2, 0) is 11.4 Å². The number of anilines is 2. The van der Waals surface area contributed by atoms with Gasteiger partial charge in [0.25, 0.3) is 5.91 Å². The first-order valence-electron chi connectivity index (χ1n) is 12.7. The van der Waals surface area contributed by atoms with Crippen molar-refractivity contribution >= 4 is 23.2 Å². The van der Waals surface area contributed by atoms with Crippen molar-refractivity contribution in [3.63, 3.8) is 0 Å². The molecule has 2 heterocycles. The van der Waals surface area contributed by atoms with E-state index in [9.17, 15) is 9.59 Å². The smallest absolute Gasteiger partial charge is 0.278 e. The highest BCUT2D eigenvalue weighted by atomic mass is 16.5. The van der Waals surface area contributed by atoms with Crippen molar-refractivity contribution < 1.29 is 18.7 Å². The summed E-state index contributed by atoms with van der Waals surface area (Å²) in [5.41, 5.74) is 3.25. The molecule has 0 saturated carbocycles. The van der Waals surface area contributed by atoms with Gasteiger partial charge in [0.2, 0.25) is 5.91 Å². The van der Waals surface area contributed by atoms with E-state index in [0.717, 1.165) is 31.5 Å². The molecule has 194 valence electrons. The lowest BCUT2D eigenvalue weighted by Crippen LogP contribution is -2.26. The fraction of sp³-hybridized carbons (Fsp3) is 0.233. The third-order valence-electron chi connectivity index (χ3n) is 6.35. The molecule has 8 heteroatoms. The topological polar surface area (TPSA) is 105 Å². The van der Waals surface area contributed by atoms with Gasteiger partial charge in [-0.2, -0.15) is 0 Å². The first kappa shape index (κ1) is 25.2. The predicted molar refractivity (Wildman–Crippen MR) is 146 cm³/mol. The van der Waals surface area contributed by atoms with Crippen molar-refractivity contribution in [2.24, 2.45) is 0 Å². The zero-order chi connectivity index (χ0) is 26.3. The Morgan fingerprint density at radius 2 is 1.71 bits per heavy atom. The number of nitrogens with one attached hydrogen (secondary N) is 3. The molecular formula is C30H30N4O4. The summed E-state index contributed by atoms with van der Waals surface area (Å²) in [5, 5.41) is 9.05. The molecule has 5 rings (SSSR count). The number of nitrogens with zero attached hydrogens (tertiary/aromatic N) is 1. The van der Waals surface area contributed by atoms with Crippen LogP contribution < -0.4 is 20.7 Å². The highest BCUT2D eigenvalue weighted by Crippen LogP contribution is 2.33. The third-order valence-corrected chi connectivity index (χ3v) is 6.35. The molecule has 1 fully saturated rings. The first-order valence-corrected chi connectivity index (χ1v) is 12.7. The van der Waals surface area contributed by atoms with E-state index >= 15 is 0 Å². The van der Waals surface area contributed by atoms with Crippen molar-refractivity contribution in [1.82, 2.24) is 10.3 Å². The van der Waals surface area contributed by atoms with Crippen LogP contribution in [0.3, 0.4) is 0 Å². The largest absolute Gasteiger partial charge is 0.489 e. The van der Waals surface area contributed by atoms with Gasteiger partial charge in [-0.05, 0) is 67.9 Å². The van der Waals surface area contributed by atoms with Crippen LogP contribution in [0.5, 0.6) is 5.75 Å². The highest BCUT2D eigenvalue weighted by molar-refractivity contribution is 6.06. The Morgan fingerprint density at radius 3 is 2.45 bits per heavy atom. The average Bonchev–Trinajstić information content (AvgIpc) is 3.39. The summed E-state index contributed by atoms with van der Waals surface area (Å²) in [6.45, 7) is 3.65. The van der Waals surface area contributed by atoms with Crippen LogP contribution in [0.2, 0.25) is 0 Å². The van der Waals surface area contributed by atoms with E-state index in [2.05, 4.69) is 20.9 Å². The minimum Gasteiger partial charge on any atom is -0.489 e. The van der Waals surface area contributed by atoms with Gasteiger partial charge in [-0.15, -0.1) is 0 Å². The second-order valence-corrected chi connectivity index (χ2v) is 9.27. The molecule has 0 unspecified atom stereocenters. The predicted octanol–water partition coefficient (Wildman–Crippen LogP) is 5.60. The van der Waals surface area contributed by atoms with E-state index in [-0.39, 0.29) is 23.4 Å². The van der Waals surface area contributed by atoms with Crippen LogP contribution in [0.4, 0.5) is 11.4 Å². The van der Waals surface area contributed by atoms with Crippen LogP contribution in [0.1, 0.15) is 47.6 Å². The number of carbonyl (C=O) groups is 2. The van der Waals surface area contributed by atoms with Gasteiger partial charge in [0, 0.05) is 35.8 Å². The zero-order valence-electron chi connectivity index (χ0n) is 21.2. The molecule has 2 amide bonds. The standard InChI is InChI=1S/C30H30N4O4/c1-20(35)32-24-12-10-22(11-13-24)28-27(34-30(38-28)23-14-16-31-17-15-23)29(36)33-25-8-5-9-26(18-25)37-19-21-6-3-2-4-7-21/h2-13,18,23,31H,14-17,19H2,1H3,(H,32,35)(H,33,36). The number of hydrogen-bond donors (Lipinski definition) is 3. The number of amides is 2. The number of hydrogen-bond acceptors (Lipinski definition) is 6. The fourth-order valence-electron chi connectivity index (χ4n) is 4.43. The number of piperidine rings is 1. The summed E-state index contributed by atoms with van der Waals surface area (Å²) >= 11 is 0. The average molecular weight is 511 g/mol. The molecule has 0 bridgehead atoms. The Hall–Kier alpha value is -4.43. The Labute approximate surface area is 221 Å². The van der Waals surface area contributed by atoms with Gasteiger partial charge in [0.1, 0.15) is 12.4 Å². The second kappa shape index (κ2) is 11.7. The molecule has 0 aliphatic carbocycles. The minimum atomic E-state index is -0.366. The zero-order valence-corrected chi connectivity index (χ0v) is 21.2. The molecule has 4 aromatic rings. The van der Waals surface area contributed by atoms with Crippen LogP contribution in [0.25, 0.3) is 11.3 Å².